The van der Waals surface area contributed by atoms with Crippen LogP contribution in [-0.4, -0.2) is 58.7 Å². The molecule has 2 aromatic rings. The Morgan fingerprint density at radius 3 is 2.69 bits per heavy atom. The molecular weight excluding hydrogens is 334 g/mol. The summed E-state index contributed by atoms with van der Waals surface area (Å²) in [6.07, 6.45) is 3.72. The largest absolute Gasteiger partial charge is 0.372 e. The summed E-state index contributed by atoms with van der Waals surface area (Å²) in [5.74, 6) is 1.46. The Morgan fingerprint density at radius 1 is 1.27 bits per heavy atom. The topological polar surface area (TPSA) is 84.6 Å². The lowest BCUT2D eigenvalue weighted by atomic mass is 10.1. The third-order valence-electron chi connectivity index (χ3n) is 4.94. The maximum atomic E-state index is 11.5. The molecule has 2 aliphatic heterocycles. The van der Waals surface area contributed by atoms with Crippen molar-refractivity contribution in [2.24, 2.45) is 0 Å². The van der Waals surface area contributed by atoms with E-state index in [1.807, 2.05) is 17.9 Å². The number of anilines is 1. The van der Waals surface area contributed by atoms with Crippen LogP contribution in [0, 0.1) is 6.92 Å². The van der Waals surface area contributed by atoms with Gasteiger partial charge in [-0.3, -0.25) is 4.79 Å². The Kier molecular flexibility index (Phi) is 4.58. The SMILES string of the molecule is CC(=O)N1CCN(c2ncc(-c3cc(C)no3)c(C3CCCO3)n2)CC1. The van der Waals surface area contributed by atoms with E-state index in [0.717, 1.165) is 49.5 Å². The molecule has 2 aromatic heterocycles. The molecule has 1 amide bonds. The van der Waals surface area contributed by atoms with Gasteiger partial charge in [-0.1, -0.05) is 5.16 Å². The highest BCUT2D eigenvalue weighted by atomic mass is 16.5. The van der Waals surface area contributed by atoms with Crippen LogP contribution in [0.5, 0.6) is 0 Å². The fourth-order valence-electron chi connectivity index (χ4n) is 3.48. The van der Waals surface area contributed by atoms with Gasteiger partial charge >= 0.3 is 0 Å². The first-order valence-corrected chi connectivity index (χ1v) is 9.04. The molecule has 26 heavy (non-hydrogen) atoms. The minimum atomic E-state index is -0.0457. The Balaban J connectivity index is 1.63. The smallest absolute Gasteiger partial charge is 0.225 e. The molecular formula is C18H23N5O3. The van der Waals surface area contributed by atoms with E-state index in [2.05, 4.69) is 15.0 Å². The first kappa shape index (κ1) is 17.0. The second kappa shape index (κ2) is 7.03. The van der Waals surface area contributed by atoms with Gasteiger partial charge in [-0.25, -0.2) is 9.97 Å². The van der Waals surface area contributed by atoms with Gasteiger partial charge in [0.05, 0.1) is 17.0 Å². The predicted octanol–water partition coefficient (Wildman–Crippen LogP) is 1.96. The van der Waals surface area contributed by atoms with Crippen molar-refractivity contribution >= 4 is 11.9 Å². The molecule has 2 fully saturated rings. The van der Waals surface area contributed by atoms with E-state index in [1.54, 1.807) is 13.1 Å². The zero-order chi connectivity index (χ0) is 18.1. The summed E-state index contributed by atoms with van der Waals surface area (Å²) < 4.78 is 11.3. The zero-order valence-corrected chi connectivity index (χ0v) is 15.1. The normalized spacial score (nSPS) is 20.6. The summed E-state index contributed by atoms with van der Waals surface area (Å²) >= 11 is 0. The van der Waals surface area contributed by atoms with Crippen LogP contribution < -0.4 is 4.90 Å². The number of hydrogen-bond donors (Lipinski definition) is 0. The first-order chi connectivity index (χ1) is 12.6. The van der Waals surface area contributed by atoms with E-state index < -0.39 is 0 Å². The molecule has 8 heteroatoms. The molecule has 0 N–H and O–H groups in total. The fourth-order valence-corrected chi connectivity index (χ4v) is 3.48. The third-order valence-corrected chi connectivity index (χ3v) is 4.94. The van der Waals surface area contributed by atoms with Crippen LogP contribution in [-0.2, 0) is 9.53 Å². The monoisotopic (exact) mass is 357 g/mol. The predicted molar refractivity (Wildman–Crippen MR) is 94.7 cm³/mol. The molecule has 0 aliphatic carbocycles. The standard InChI is InChI=1S/C18H23N5O3/c1-12-10-16(26-21-12)14-11-19-18(20-17(14)15-4-3-9-25-15)23-7-5-22(6-8-23)13(2)24/h10-11,15H,3-9H2,1-2H3. The van der Waals surface area contributed by atoms with Crippen molar-refractivity contribution in [3.05, 3.63) is 23.7 Å². The summed E-state index contributed by atoms with van der Waals surface area (Å²) in [4.78, 5) is 24.9. The van der Waals surface area contributed by atoms with E-state index in [0.29, 0.717) is 24.8 Å². The van der Waals surface area contributed by atoms with Gasteiger partial charge in [-0.15, -0.1) is 0 Å². The van der Waals surface area contributed by atoms with Gasteiger partial charge in [0.15, 0.2) is 5.76 Å². The Bertz CT molecular complexity index is 792. The van der Waals surface area contributed by atoms with Gasteiger partial charge < -0.3 is 19.1 Å². The highest BCUT2D eigenvalue weighted by molar-refractivity contribution is 5.73. The number of amides is 1. The molecule has 138 valence electrons. The number of rotatable bonds is 3. The Hall–Kier alpha value is -2.48. The Labute approximate surface area is 152 Å². The quantitative estimate of drug-likeness (QED) is 0.830. The molecule has 0 saturated carbocycles. The average Bonchev–Trinajstić information content (AvgIpc) is 3.33. The van der Waals surface area contributed by atoms with E-state index in [9.17, 15) is 4.79 Å². The lowest BCUT2D eigenvalue weighted by molar-refractivity contribution is -0.129. The minimum Gasteiger partial charge on any atom is -0.372 e. The van der Waals surface area contributed by atoms with Crippen molar-refractivity contribution in [1.82, 2.24) is 20.0 Å². The highest BCUT2D eigenvalue weighted by Crippen LogP contribution is 2.35. The van der Waals surface area contributed by atoms with Crippen molar-refractivity contribution in [2.75, 3.05) is 37.7 Å². The third kappa shape index (κ3) is 3.29. The molecule has 0 radical (unpaired) electrons. The second-order valence-electron chi connectivity index (χ2n) is 6.80. The maximum Gasteiger partial charge on any atom is 0.225 e. The number of carbonyl (C=O) groups excluding carboxylic acids is 1. The molecule has 4 heterocycles. The summed E-state index contributed by atoms with van der Waals surface area (Å²) in [5.41, 5.74) is 2.52. The van der Waals surface area contributed by atoms with E-state index in [-0.39, 0.29) is 12.0 Å². The molecule has 2 aliphatic rings. The lowest BCUT2D eigenvalue weighted by Crippen LogP contribution is -2.48. The number of nitrogens with zero attached hydrogens (tertiary/aromatic N) is 5. The molecule has 2 saturated heterocycles. The summed E-state index contributed by atoms with van der Waals surface area (Å²) in [6.45, 7) is 7.08. The van der Waals surface area contributed by atoms with Crippen LogP contribution in [0.2, 0.25) is 0 Å². The van der Waals surface area contributed by atoms with Gasteiger partial charge in [0.25, 0.3) is 0 Å². The minimum absolute atomic E-state index is 0.0457. The summed E-state index contributed by atoms with van der Waals surface area (Å²) in [5, 5.41) is 3.98. The van der Waals surface area contributed by atoms with Crippen molar-refractivity contribution < 1.29 is 14.1 Å². The summed E-state index contributed by atoms with van der Waals surface area (Å²) in [7, 11) is 0. The van der Waals surface area contributed by atoms with Gasteiger partial charge in [-0.05, 0) is 19.8 Å². The molecule has 0 bridgehead atoms. The number of aryl methyl sites for hydroxylation is 1. The van der Waals surface area contributed by atoms with E-state index in [4.69, 9.17) is 14.2 Å². The van der Waals surface area contributed by atoms with Crippen molar-refractivity contribution in [3.8, 4) is 11.3 Å². The number of hydrogen-bond acceptors (Lipinski definition) is 7. The van der Waals surface area contributed by atoms with Crippen LogP contribution >= 0.6 is 0 Å². The van der Waals surface area contributed by atoms with Gasteiger partial charge in [-0.2, -0.15) is 0 Å². The molecule has 0 spiro atoms. The van der Waals surface area contributed by atoms with E-state index >= 15 is 0 Å². The molecule has 1 atom stereocenters. The average molecular weight is 357 g/mol. The van der Waals surface area contributed by atoms with Crippen LogP contribution in [0.15, 0.2) is 16.8 Å². The van der Waals surface area contributed by atoms with E-state index in [1.165, 1.54) is 0 Å². The number of ether oxygens (including phenoxy) is 1. The second-order valence-corrected chi connectivity index (χ2v) is 6.80. The number of piperazine rings is 1. The fraction of sp³-hybridized carbons (Fsp3) is 0.556. The van der Waals surface area contributed by atoms with Gasteiger partial charge in [0.2, 0.25) is 11.9 Å². The van der Waals surface area contributed by atoms with Crippen LogP contribution in [0.25, 0.3) is 11.3 Å². The van der Waals surface area contributed by atoms with Crippen molar-refractivity contribution in [1.29, 1.82) is 0 Å². The number of carbonyl (C=O) groups is 1. The molecule has 8 nitrogen and oxygen atoms in total. The van der Waals surface area contributed by atoms with Crippen molar-refractivity contribution in [2.45, 2.75) is 32.8 Å². The van der Waals surface area contributed by atoms with Crippen LogP contribution in [0.4, 0.5) is 5.95 Å². The van der Waals surface area contributed by atoms with Gasteiger partial charge in [0.1, 0.15) is 6.10 Å². The molecule has 1 unspecified atom stereocenters. The molecule has 0 aromatic carbocycles. The highest BCUT2D eigenvalue weighted by Gasteiger charge is 2.27. The van der Waals surface area contributed by atoms with Crippen molar-refractivity contribution in [3.63, 3.8) is 0 Å². The Morgan fingerprint density at radius 2 is 2.08 bits per heavy atom. The summed E-state index contributed by atoms with van der Waals surface area (Å²) in [6, 6.07) is 1.89. The maximum absolute atomic E-state index is 11.5. The zero-order valence-electron chi connectivity index (χ0n) is 15.1. The van der Waals surface area contributed by atoms with Crippen LogP contribution in [0.1, 0.15) is 37.3 Å². The lowest BCUT2D eigenvalue weighted by Gasteiger charge is -2.34. The number of aromatic nitrogens is 3. The first-order valence-electron chi connectivity index (χ1n) is 9.04. The van der Waals surface area contributed by atoms with Crippen LogP contribution in [0.3, 0.4) is 0 Å². The van der Waals surface area contributed by atoms with Gasteiger partial charge in [0, 0.05) is 52.0 Å². The molecule has 4 rings (SSSR count).